The molecule has 0 aliphatic carbocycles. The number of imidazole rings is 1. The third kappa shape index (κ3) is 2.90. The van der Waals surface area contributed by atoms with Gasteiger partial charge in [0.25, 0.3) is 0 Å². The Morgan fingerprint density at radius 2 is 1.87 bits per heavy atom. The summed E-state index contributed by atoms with van der Waals surface area (Å²) in [5.41, 5.74) is 3.98. The van der Waals surface area contributed by atoms with E-state index >= 15 is 0 Å². The first-order chi connectivity index (χ1) is 11.3. The third-order valence-electron chi connectivity index (χ3n) is 3.72. The molecule has 0 aliphatic rings. The molecule has 0 saturated heterocycles. The first-order valence-electron chi connectivity index (χ1n) is 7.48. The summed E-state index contributed by atoms with van der Waals surface area (Å²) in [6.45, 7) is 2.10. The molecule has 5 heteroatoms. The molecule has 0 unspecified atom stereocenters. The molecular formula is C18H19N3O2. The SMILES string of the molecule is CCc1[nH]c(-c2ccc(OC)c(OC)c2)nc1-c1cccnc1. The molecule has 2 aromatic heterocycles. The molecule has 118 valence electrons. The van der Waals surface area contributed by atoms with Crippen LogP contribution in [-0.4, -0.2) is 29.2 Å². The Morgan fingerprint density at radius 3 is 2.52 bits per heavy atom. The number of nitrogens with zero attached hydrogens (tertiary/aromatic N) is 2. The van der Waals surface area contributed by atoms with Crippen molar-refractivity contribution in [2.75, 3.05) is 14.2 Å². The molecule has 5 nitrogen and oxygen atoms in total. The standard InChI is InChI=1S/C18H19N3O2/c1-4-14-17(13-6-5-9-19-11-13)21-18(20-14)12-7-8-15(22-2)16(10-12)23-3/h5-11H,4H2,1-3H3,(H,20,21). The highest BCUT2D eigenvalue weighted by Gasteiger charge is 2.14. The van der Waals surface area contributed by atoms with Gasteiger partial charge in [-0.1, -0.05) is 6.92 Å². The summed E-state index contributed by atoms with van der Waals surface area (Å²) >= 11 is 0. The Kier molecular flexibility index (Phi) is 4.28. The molecule has 3 rings (SSSR count). The summed E-state index contributed by atoms with van der Waals surface area (Å²) < 4.78 is 10.7. The van der Waals surface area contributed by atoms with Gasteiger partial charge in [-0.25, -0.2) is 4.98 Å². The first-order valence-corrected chi connectivity index (χ1v) is 7.48. The number of pyridine rings is 1. The molecule has 0 atom stereocenters. The summed E-state index contributed by atoms with van der Waals surface area (Å²) in [5.74, 6) is 2.19. The largest absolute Gasteiger partial charge is 0.493 e. The van der Waals surface area contributed by atoms with Crippen LogP contribution in [0.2, 0.25) is 0 Å². The van der Waals surface area contributed by atoms with Crippen molar-refractivity contribution in [2.24, 2.45) is 0 Å². The van der Waals surface area contributed by atoms with Gasteiger partial charge in [0.1, 0.15) is 5.82 Å². The van der Waals surface area contributed by atoms with Crippen LogP contribution in [0, 0.1) is 0 Å². The fourth-order valence-corrected chi connectivity index (χ4v) is 2.53. The molecule has 0 spiro atoms. The van der Waals surface area contributed by atoms with E-state index in [0.29, 0.717) is 11.5 Å². The predicted octanol–water partition coefficient (Wildman–Crippen LogP) is 3.72. The number of aryl methyl sites for hydroxylation is 1. The molecule has 0 bridgehead atoms. The number of hydrogen-bond acceptors (Lipinski definition) is 4. The highest BCUT2D eigenvalue weighted by atomic mass is 16.5. The van der Waals surface area contributed by atoms with Crippen molar-refractivity contribution in [1.29, 1.82) is 0 Å². The van der Waals surface area contributed by atoms with Gasteiger partial charge in [0.05, 0.1) is 19.9 Å². The number of methoxy groups -OCH3 is 2. The molecule has 2 heterocycles. The van der Waals surface area contributed by atoms with E-state index < -0.39 is 0 Å². The molecule has 0 aliphatic heterocycles. The van der Waals surface area contributed by atoms with Crippen molar-refractivity contribution in [1.82, 2.24) is 15.0 Å². The van der Waals surface area contributed by atoms with Gasteiger partial charge in [-0.2, -0.15) is 0 Å². The van der Waals surface area contributed by atoms with E-state index in [1.807, 2.05) is 36.5 Å². The molecule has 1 N–H and O–H groups in total. The average Bonchev–Trinajstić information content (AvgIpc) is 3.06. The minimum Gasteiger partial charge on any atom is -0.493 e. The van der Waals surface area contributed by atoms with E-state index in [9.17, 15) is 0 Å². The zero-order chi connectivity index (χ0) is 16.2. The van der Waals surface area contributed by atoms with Gasteiger partial charge < -0.3 is 14.5 Å². The van der Waals surface area contributed by atoms with Crippen molar-refractivity contribution in [3.8, 4) is 34.1 Å². The average molecular weight is 309 g/mol. The Labute approximate surface area is 135 Å². The second-order valence-corrected chi connectivity index (χ2v) is 5.08. The fraction of sp³-hybridized carbons (Fsp3) is 0.222. The molecule has 23 heavy (non-hydrogen) atoms. The lowest BCUT2D eigenvalue weighted by atomic mass is 10.1. The van der Waals surface area contributed by atoms with Crippen molar-refractivity contribution in [3.63, 3.8) is 0 Å². The van der Waals surface area contributed by atoms with Crippen LogP contribution in [0.5, 0.6) is 11.5 Å². The predicted molar refractivity (Wildman–Crippen MR) is 89.7 cm³/mol. The lowest BCUT2D eigenvalue weighted by Crippen LogP contribution is -1.91. The minimum absolute atomic E-state index is 0.683. The zero-order valence-corrected chi connectivity index (χ0v) is 13.5. The van der Waals surface area contributed by atoms with Crippen molar-refractivity contribution >= 4 is 0 Å². The third-order valence-corrected chi connectivity index (χ3v) is 3.72. The topological polar surface area (TPSA) is 60.0 Å². The summed E-state index contributed by atoms with van der Waals surface area (Å²) in [5, 5.41) is 0. The van der Waals surface area contributed by atoms with Crippen LogP contribution in [0.1, 0.15) is 12.6 Å². The smallest absolute Gasteiger partial charge is 0.161 e. The van der Waals surface area contributed by atoms with Crippen LogP contribution in [0.25, 0.3) is 22.6 Å². The number of nitrogens with one attached hydrogen (secondary N) is 1. The highest BCUT2D eigenvalue weighted by molar-refractivity contribution is 5.68. The summed E-state index contributed by atoms with van der Waals surface area (Å²) in [6, 6.07) is 9.70. The molecular weight excluding hydrogens is 290 g/mol. The fourth-order valence-electron chi connectivity index (χ4n) is 2.53. The van der Waals surface area contributed by atoms with E-state index in [4.69, 9.17) is 14.5 Å². The monoisotopic (exact) mass is 309 g/mol. The summed E-state index contributed by atoms with van der Waals surface area (Å²) in [7, 11) is 3.25. The maximum atomic E-state index is 5.37. The number of benzene rings is 1. The van der Waals surface area contributed by atoms with Crippen molar-refractivity contribution in [3.05, 3.63) is 48.4 Å². The summed E-state index contributed by atoms with van der Waals surface area (Å²) in [4.78, 5) is 12.3. The highest BCUT2D eigenvalue weighted by Crippen LogP contribution is 2.33. The molecule has 1 aromatic carbocycles. The number of ether oxygens (including phenoxy) is 2. The van der Waals surface area contributed by atoms with Crippen LogP contribution in [0.3, 0.4) is 0 Å². The lowest BCUT2D eigenvalue weighted by Gasteiger charge is -2.08. The van der Waals surface area contributed by atoms with Gasteiger partial charge in [-0.05, 0) is 36.8 Å². The van der Waals surface area contributed by atoms with Crippen LogP contribution in [0.15, 0.2) is 42.7 Å². The number of hydrogen-bond donors (Lipinski definition) is 1. The van der Waals surface area contributed by atoms with Crippen LogP contribution >= 0.6 is 0 Å². The van der Waals surface area contributed by atoms with Gasteiger partial charge in [0, 0.05) is 29.2 Å². The van der Waals surface area contributed by atoms with E-state index in [0.717, 1.165) is 34.8 Å². The molecule has 0 saturated carbocycles. The molecule has 3 aromatic rings. The van der Waals surface area contributed by atoms with E-state index in [-0.39, 0.29) is 0 Å². The summed E-state index contributed by atoms with van der Waals surface area (Å²) in [6.07, 6.45) is 4.45. The van der Waals surface area contributed by atoms with Gasteiger partial charge in [-0.15, -0.1) is 0 Å². The molecule has 0 amide bonds. The van der Waals surface area contributed by atoms with E-state index in [2.05, 4.69) is 16.9 Å². The number of rotatable bonds is 5. The van der Waals surface area contributed by atoms with Gasteiger partial charge >= 0.3 is 0 Å². The van der Waals surface area contributed by atoms with Gasteiger partial charge in [0.2, 0.25) is 0 Å². The Hall–Kier alpha value is -2.82. The van der Waals surface area contributed by atoms with Crippen LogP contribution < -0.4 is 9.47 Å². The Balaban J connectivity index is 2.06. The normalized spacial score (nSPS) is 10.6. The van der Waals surface area contributed by atoms with Crippen molar-refractivity contribution < 1.29 is 9.47 Å². The van der Waals surface area contributed by atoms with Crippen LogP contribution in [-0.2, 0) is 6.42 Å². The van der Waals surface area contributed by atoms with E-state index in [1.54, 1.807) is 20.4 Å². The quantitative estimate of drug-likeness (QED) is 0.780. The number of aromatic amines is 1. The second kappa shape index (κ2) is 6.52. The maximum Gasteiger partial charge on any atom is 0.161 e. The number of aromatic nitrogens is 3. The molecule has 0 fully saturated rings. The Morgan fingerprint density at radius 1 is 1.04 bits per heavy atom. The lowest BCUT2D eigenvalue weighted by molar-refractivity contribution is 0.355. The first kappa shape index (κ1) is 15.1. The Bertz CT molecular complexity index is 797. The zero-order valence-electron chi connectivity index (χ0n) is 13.5. The van der Waals surface area contributed by atoms with Gasteiger partial charge in [-0.3, -0.25) is 4.98 Å². The van der Waals surface area contributed by atoms with E-state index in [1.165, 1.54) is 0 Å². The second-order valence-electron chi connectivity index (χ2n) is 5.08. The number of H-pyrrole nitrogens is 1. The molecule has 0 radical (unpaired) electrons. The van der Waals surface area contributed by atoms with Crippen molar-refractivity contribution in [2.45, 2.75) is 13.3 Å². The maximum absolute atomic E-state index is 5.37. The van der Waals surface area contributed by atoms with Crippen LogP contribution in [0.4, 0.5) is 0 Å². The van der Waals surface area contributed by atoms with Gasteiger partial charge in [0.15, 0.2) is 11.5 Å². The minimum atomic E-state index is 0.683.